The Hall–Kier alpha value is -2.36. The molecule has 1 aromatic heterocycles. The van der Waals surface area contributed by atoms with Crippen LogP contribution in [0.3, 0.4) is 0 Å². The monoisotopic (exact) mass is 740 g/mol. The van der Waals surface area contributed by atoms with E-state index in [-0.39, 0.29) is 60.9 Å². The number of ether oxygens (including phenoxy) is 1. The van der Waals surface area contributed by atoms with Gasteiger partial charge in [0.05, 0.1) is 12.3 Å². The predicted molar refractivity (Wildman–Crippen MR) is 203 cm³/mol. The first-order valence-corrected chi connectivity index (χ1v) is 17.4. The Morgan fingerprint density at radius 1 is 1.02 bits per heavy atom. The number of benzene rings is 2. The van der Waals surface area contributed by atoms with Crippen molar-refractivity contribution in [2.75, 3.05) is 32.8 Å². The highest BCUT2D eigenvalue weighted by Crippen LogP contribution is 2.44. The molecular weight excluding hydrogens is 686 g/mol. The molecule has 2 aromatic carbocycles. The van der Waals surface area contributed by atoms with E-state index in [0.29, 0.717) is 25.0 Å². The quantitative estimate of drug-likeness (QED) is 0.179. The second-order valence-electron chi connectivity index (χ2n) is 13.6. The number of hydrogen-bond donors (Lipinski definition) is 1. The number of aromatic nitrogens is 2. The van der Waals surface area contributed by atoms with E-state index in [1.807, 2.05) is 39.0 Å². The molecule has 1 saturated heterocycles. The van der Waals surface area contributed by atoms with Gasteiger partial charge in [-0.1, -0.05) is 45.0 Å². The highest BCUT2D eigenvalue weighted by molar-refractivity contribution is 5.86. The summed E-state index contributed by atoms with van der Waals surface area (Å²) in [6.07, 6.45) is 4.78. The van der Waals surface area contributed by atoms with Crippen LogP contribution < -0.4 is 4.74 Å². The van der Waals surface area contributed by atoms with Crippen molar-refractivity contribution in [3.8, 4) is 5.75 Å². The summed E-state index contributed by atoms with van der Waals surface area (Å²) in [6, 6.07) is 17.4. The highest BCUT2D eigenvalue weighted by Gasteiger charge is 2.42. The molecule has 1 saturated carbocycles. The van der Waals surface area contributed by atoms with Crippen molar-refractivity contribution >= 4 is 43.2 Å². The first-order chi connectivity index (χ1) is 22.2. The van der Waals surface area contributed by atoms with Crippen molar-refractivity contribution in [2.24, 2.45) is 11.8 Å². The number of halogens is 4. The Bertz CT molecular complexity index is 1430. The van der Waals surface area contributed by atoms with E-state index < -0.39 is 12.0 Å². The third-order valence-electron chi connectivity index (χ3n) is 10.3. The third kappa shape index (κ3) is 10.6. The van der Waals surface area contributed by atoms with Crippen LogP contribution in [-0.4, -0.2) is 75.5 Å². The van der Waals surface area contributed by atoms with E-state index in [2.05, 4.69) is 52.6 Å². The molecule has 0 radical (unpaired) electrons. The summed E-state index contributed by atoms with van der Waals surface area (Å²) >= 11 is 0. The number of carboxylic acids is 1. The van der Waals surface area contributed by atoms with Crippen molar-refractivity contribution in [1.29, 1.82) is 0 Å². The van der Waals surface area contributed by atoms with E-state index in [1.165, 1.54) is 17.3 Å². The number of rotatable bonds is 14. The van der Waals surface area contributed by atoms with Crippen LogP contribution in [-0.2, 0) is 17.8 Å². The number of carbonyl (C=O) groups is 1. The SMILES string of the molecule is CCOc1ccc(Cc2cc(C3CCN(CC4CC(N(CC)[C@@H](C(=O)O)C(C)C)CC4c4cccc(F)c4)CC3)n(CC)n2)cc1.Cl.Cl.Cl. The minimum Gasteiger partial charge on any atom is -0.494 e. The number of hydrogen-bond acceptors (Lipinski definition) is 5. The molecule has 3 unspecified atom stereocenters. The van der Waals surface area contributed by atoms with Crippen LogP contribution >= 0.6 is 37.2 Å². The lowest BCUT2D eigenvalue weighted by Gasteiger charge is -2.36. The molecule has 0 amide bonds. The van der Waals surface area contributed by atoms with Gasteiger partial charge in [0.2, 0.25) is 0 Å². The summed E-state index contributed by atoms with van der Waals surface area (Å²) in [4.78, 5) is 17.1. The Morgan fingerprint density at radius 3 is 2.29 bits per heavy atom. The molecule has 11 heteroatoms. The molecule has 2 heterocycles. The molecule has 1 aliphatic carbocycles. The number of likely N-dealkylation sites (N-methyl/N-ethyl adjacent to an activating group) is 1. The molecule has 0 spiro atoms. The van der Waals surface area contributed by atoms with Crippen molar-refractivity contribution in [2.45, 2.75) is 97.2 Å². The number of aryl methyl sites for hydroxylation is 1. The highest BCUT2D eigenvalue weighted by atomic mass is 35.5. The van der Waals surface area contributed by atoms with Crippen molar-refractivity contribution in [3.63, 3.8) is 0 Å². The standard InChI is InChI=1S/C38H53FN4O3.3ClH/c1-6-42(37(26(4)5)38(44)45)33-22-30(35(24-33)29-10-9-11-31(39)21-29)25-41-18-16-28(17-19-41)36-23-32(40-43(36)7-2)20-27-12-14-34(15-13-27)46-8-3;;;/h9-15,21,23,26,28,30,33,35,37H,6-8,16-20,22,24-25H2,1-5H3,(H,44,45);3*1H/t30?,33?,35?,37-;;;/m1.../s1. The minimum absolute atomic E-state index is 0. The van der Waals surface area contributed by atoms with Gasteiger partial charge in [-0.15, -0.1) is 37.2 Å². The Kier molecular flexibility index (Phi) is 17.4. The summed E-state index contributed by atoms with van der Waals surface area (Å²) in [7, 11) is 0. The molecule has 3 aromatic rings. The molecule has 274 valence electrons. The first kappa shape index (κ1) is 42.8. The number of carboxylic acid groups (broad SMARTS) is 1. The maximum absolute atomic E-state index is 14.4. The number of likely N-dealkylation sites (tertiary alicyclic amines) is 1. The lowest BCUT2D eigenvalue weighted by atomic mass is 9.87. The molecule has 4 atom stereocenters. The van der Waals surface area contributed by atoms with Gasteiger partial charge in [0.1, 0.15) is 17.6 Å². The maximum Gasteiger partial charge on any atom is 0.321 e. The molecule has 1 N–H and O–H groups in total. The topological polar surface area (TPSA) is 70.8 Å². The van der Waals surface area contributed by atoms with Crippen LogP contribution in [0.4, 0.5) is 4.39 Å². The third-order valence-corrected chi connectivity index (χ3v) is 10.3. The first-order valence-electron chi connectivity index (χ1n) is 17.4. The van der Waals surface area contributed by atoms with Crippen LogP contribution in [0.2, 0.25) is 0 Å². The predicted octanol–water partition coefficient (Wildman–Crippen LogP) is 8.47. The minimum atomic E-state index is -0.751. The second-order valence-corrected chi connectivity index (χ2v) is 13.6. The number of piperidine rings is 1. The van der Waals surface area contributed by atoms with Crippen LogP contribution in [0.5, 0.6) is 5.75 Å². The van der Waals surface area contributed by atoms with Gasteiger partial charge in [-0.3, -0.25) is 14.4 Å². The van der Waals surface area contributed by atoms with Gasteiger partial charge in [0.25, 0.3) is 0 Å². The van der Waals surface area contributed by atoms with Crippen LogP contribution in [0.15, 0.2) is 54.6 Å². The fourth-order valence-corrected chi connectivity index (χ4v) is 8.18. The summed E-state index contributed by atoms with van der Waals surface area (Å²) in [5, 5.41) is 15.1. The van der Waals surface area contributed by atoms with Crippen LogP contribution in [0.25, 0.3) is 0 Å². The zero-order chi connectivity index (χ0) is 32.8. The van der Waals surface area contributed by atoms with Gasteiger partial charge in [-0.25, -0.2) is 4.39 Å². The second kappa shape index (κ2) is 19.9. The van der Waals surface area contributed by atoms with E-state index >= 15 is 0 Å². The molecule has 2 aliphatic rings. The molecule has 0 bridgehead atoms. The zero-order valence-corrected chi connectivity index (χ0v) is 32.0. The lowest BCUT2D eigenvalue weighted by Crippen LogP contribution is -2.49. The van der Waals surface area contributed by atoms with Crippen LogP contribution in [0, 0.1) is 17.7 Å². The molecule has 7 nitrogen and oxygen atoms in total. The molecule has 5 rings (SSSR count). The summed E-state index contributed by atoms with van der Waals surface area (Å²) in [5.41, 5.74) is 4.73. The number of nitrogens with zero attached hydrogens (tertiary/aromatic N) is 4. The van der Waals surface area contributed by atoms with Gasteiger partial charge >= 0.3 is 5.97 Å². The van der Waals surface area contributed by atoms with Crippen LogP contribution in [0.1, 0.15) is 94.7 Å². The van der Waals surface area contributed by atoms with E-state index in [0.717, 1.165) is 75.3 Å². The van der Waals surface area contributed by atoms with Gasteiger partial charge < -0.3 is 14.7 Å². The van der Waals surface area contributed by atoms with Crippen molar-refractivity contribution in [1.82, 2.24) is 19.6 Å². The molecule has 49 heavy (non-hydrogen) atoms. The molecule has 1 aliphatic heterocycles. The zero-order valence-electron chi connectivity index (χ0n) is 29.6. The summed E-state index contributed by atoms with van der Waals surface area (Å²) < 4.78 is 22.2. The Balaban J connectivity index is 0.00000278. The average molecular weight is 742 g/mol. The Labute approximate surface area is 311 Å². The van der Waals surface area contributed by atoms with Gasteiger partial charge in [0, 0.05) is 37.2 Å². The Morgan fingerprint density at radius 2 is 1.71 bits per heavy atom. The summed E-state index contributed by atoms with van der Waals surface area (Å²) in [6.45, 7) is 15.4. The van der Waals surface area contributed by atoms with Gasteiger partial charge in [0.15, 0.2) is 0 Å². The van der Waals surface area contributed by atoms with E-state index in [1.54, 1.807) is 6.07 Å². The normalized spacial score (nSPS) is 20.4. The fraction of sp³-hybridized carbons (Fsp3) is 0.579. The molecular formula is C38H56Cl3FN4O3. The van der Waals surface area contributed by atoms with E-state index in [4.69, 9.17) is 9.84 Å². The van der Waals surface area contributed by atoms with Crippen molar-refractivity contribution in [3.05, 3.63) is 82.9 Å². The van der Waals surface area contributed by atoms with E-state index in [9.17, 15) is 14.3 Å². The fourth-order valence-electron chi connectivity index (χ4n) is 8.18. The maximum atomic E-state index is 14.4. The smallest absolute Gasteiger partial charge is 0.321 e. The largest absolute Gasteiger partial charge is 0.494 e. The van der Waals surface area contributed by atoms with Gasteiger partial charge in [-0.05, 0) is 118 Å². The average Bonchev–Trinajstić information content (AvgIpc) is 3.65. The lowest BCUT2D eigenvalue weighted by molar-refractivity contribution is -0.146. The van der Waals surface area contributed by atoms with Crippen molar-refractivity contribution < 1.29 is 19.0 Å². The van der Waals surface area contributed by atoms with Gasteiger partial charge in [-0.2, -0.15) is 5.10 Å². The number of aliphatic carboxylic acids is 1. The summed E-state index contributed by atoms with van der Waals surface area (Å²) in [5.74, 6) is 0.997. The molecule has 2 fully saturated rings.